The molecule has 0 saturated carbocycles. The summed E-state index contributed by atoms with van der Waals surface area (Å²) < 4.78 is 15.9. The monoisotopic (exact) mass is 459 g/mol. The molecule has 1 unspecified atom stereocenters. The van der Waals surface area contributed by atoms with Crippen LogP contribution in [0.3, 0.4) is 0 Å². The first kappa shape index (κ1) is 21.0. The molecule has 9 heteroatoms. The van der Waals surface area contributed by atoms with Crippen molar-refractivity contribution in [3.05, 3.63) is 74.8 Å². The average molecular weight is 460 g/mol. The minimum absolute atomic E-state index is 0.0430. The molecule has 3 heterocycles. The van der Waals surface area contributed by atoms with E-state index in [2.05, 4.69) is 0 Å². The van der Waals surface area contributed by atoms with E-state index in [0.29, 0.717) is 11.5 Å². The van der Waals surface area contributed by atoms with Gasteiger partial charge in [0, 0.05) is 10.9 Å². The lowest BCUT2D eigenvalue weighted by Gasteiger charge is -2.23. The maximum Gasteiger partial charge on any atom is 0.296 e. The van der Waals surface area contributed by atoms with Crippen LogP contribution in [0.15, 0.2) is 58.0 Å². The number of carbonyl (C=O) groups is 2. The summed E-state index contributed by atoms with van der Waals surface area (Å²) in [6.45, 7) is 0.0808. The third kappa shape index (κ3) is 3.68. The number of hydrogen-bond acceptors (Lipinski definition) is 7. The Hall–Kier alpha value is -3.23. The number of aliphatic hydroxyl groups excluding tert-OH is 1. The zero-order valence-corrected chi connectivity index (χ0v) is 18.2. The average Bonchev–Trinajstić information content (AvgIpc) is 3.52. The van der Waals surface area contributed by atoms with Crippen molar-refractivity contribution in [2.24, 2.45) is 0 Å². The van der Waals surface area contributed by atoms with Crippen LogP contribution in [0, 0.1) is 0 Å². The molecule has 1 amide bonds. The van der Waals surface area contributed by atoms with E-state index in [9.17, 15) is 14.7 Å². The van der Waals surface area contributed by atoms with Gasteiger partial charge in [0.25, 0.3) is 11.7 Å². The first-order chi connectivity index (χ1) is 15.0. The Morgan fingerprint density at radius 3 is 2.58 bits per heavy atom. The number of likely N-dealkylation sites (tertiary alicyclic amines) is 1. The number of benzene rings is 1. The molecule has 2 aromatic heterocycles. The summed E-state index contributed by atoms with van der Waals surface area (Å²) in [5.74, 6) is -0.774. The molecule has 7 nitrogen and oxygen atoms in total. The van der Waals surface area contributed by atoms with E-state index in [-0.39, 0.29) is 34.2 Å². The molecule has 1 fully saturated rings. The lowest BCUT2D eigenvalue weighted by molar-refractivity contribution is -0.140. The molecule has 0 aliphatic carbocycles. The van der Waals surface area contributed by atoms with Gasteiger partial charge in [0.15, 0.2) is 0 Å². The molecule has 0 spiro atoms. The van der Waals surface area contributed by atoms with E-state index in [1.165, 1.54) is 48.9 Å². The number of Topliss-reactive ketones (excluding diaryl/α,β-unsaturated/α-hetero) is 1. The predicted octanol–water partition coefficient (Wildman–Crippen LogP) is 4.63. The van der Waals surface area contributed by atoms with Gasteiger partial charge in [-0.05, 0) is 29.6 Å². The molecule has 1 N–H and O–H groups in total. The second-order valence-electron chi connectivity index (χ2n) is 6.71. The highest BCUT2D eigenvalue weighted by atomic mass is 35.5. The lowest BCUT2D eigenvalue weighted by Crippen LogP contribution is -2.28. The summed E-state index contributed by atoms with van der Waals surface area (Å²) in [6.07, 6.45) is 1.50. The van der Waals surface area contributed by atoms with Gasteiger partial charge in [-0.15, -0.1) is 11.3 Å². The highest BCUT2D eigenvalue weighted by molar-refractivity contribution is 7.10. The molecule has 31 heavy (non-hydrogen) atoms. The highest BCUT2D eigenvalue weighted by Crippen LogP contribution is 2.44. The quantitative estimate of drug-likeness (QED) is 0.328. The Morgan fingerprint density at radius 2 is 1.97 bits per heavy atom. The lowest BCUT2D eigenvalue weighted by atomic mass is 9.99. The molecule has 3 aromatic rings. The Labute approximate surface area is 187 Å². The Morgan fingerprint density at radius 1 is 1.19 bits per heavy atom. The number of aliphatic hydroxyl groups is 1. The van der Waals surface area contributed by atoms with Crippen LogP contribution in [0.25, 0.3) is 5.76 Å². The minimum Gasteiger partial charge on any atom is -0.507 e. The van der Waals surface area contributed by atoms with Crippen LogP contribution in [0.5, 0.6) is 11.5 Å². The van der Waals surface area contributed by atoms with Gasteiger partial charge < -0.3 is 23.9 Å². The zero-order valence-electron chi connectivity index (χ0n) is 16.6. The molecule has 4 rings (SSSR count). The van der Waals surface area contributed by atoms with Crippen LogP contribution < -0.4 is 9.47 Å². The van der Waals surface area contributed by atoms with Crippen LogP contribution in [-0.4, -0.2) is 35.9 Å². The Kier molecular flexibility index (Phi) is 5.75. The van der Waals surface area contributed by atoms with Crippen molar-refractivity contribution in [1.82, 2.24) is 4.90 Å². The summed E-state index contributed by atoms with van der Waals surface area (Å²) >= 11 is 7.62. The molecular formula is C22H18ClNO6S. The van der Waals surface area contributed by atoms with Crippen molar-refractivity contribution in [2.45, 2.75) is 12.6 Å². The Bertz CT molecular complexity index is 1150. The van der Waals surface area contributed by atoms with Crippen molar-refractivity contribution in [3.63, 3.8) is 0 Å². The molecule has 1 atom stereocenters. The first-order valence-electron chi connectivity index (χ1n) is 9.22. The SMILES string of the molecule is COc1cc(OC)c(/C(O)=C2/C(=O)C(=O)N(Cc3ccco3)C2c2cccs2)cc1Cl. The number of thiophene rings is 1. The molecule has 0 bridgehead atoms. The van der Waals surface area contributed by atoms with Gasteiger partial charge in [0.1, 0.15) is 29.1 Å². The van der Waals surface area contributed by atoms with Crippen LogP contribution in [0.4, 0.5) is 0 Å². The number of methoxy groups -OCH3 is 2. The normalized spacial score (nSPS) is 17.9. The van der Waals surface area contributed by atoms with Gasteiger partial charge >= 0.3 is 0 Å². The van der Waals surface area contributed by atoms with E-state index in [1.54, 1.807) is 12.1 Å². The zero-order chi connectivity index (χ0) is 22.1. The summed E-state index contributed by atoms with van der Waals surface area (Å²) in [7, 11) is 2.88. The van der Waals surface area contributed by atoms with E-state index < -0.39 is 17.7 Å². The smallest absolute Gasteiger partial charge is 0.296 e. The van der Waals surface area contributed by atoms with Crippen LogP contribution >= 0.6 is 22.9 Å². The van der Waals surface area contributed by atoms with Crippen LogP contribution in [-0.2, 0) is 16.1 Å². The summed E-state index contributed by atoms with van der Waals surface area (Å²) in [5.41, 5.74) is 0.143. The first-order valence-corrected chi connectivity index (χ1v) is 10.5. The second kappa shape index (κ2) is 8.49. The summed E-state index contributed by atoms with van der Waals surface area (Å²) in [6, 6.07) is 9.22. The maximum atomic E-state index is 13.0. The predicted molar refractivity (Wildman–Crippen MR) is 115 cm³/mol. The highest BCUT2D eigenvalue weighted by Gasteiger charge is 2.47. The van der Waals surface area contributed by atoms with Crippen molar-refractivity contribution in [3.8, 4) is 11.5 Å². The largest absolute Gasteiger partial charge is 0.507 e. The number of hydrogen-bond donors (Lipinski definition) is 1. The minimum atomic E-state index is -0.795. The van der Waals surface area contributed by atoms with Gasteiger partial charge in [-0.1, -0.05) is 17.7 Å². The van der Waals surface area contributed by atoms with Crippen molar-refractivity contribution < 1.29 is 28.6 Å². The van der Waals surface area contributed by atoms with Crippen molar-refractivity contribution in [2.75, 3.05) is 14.2 Å². The Balaban J connectivity index is 1.89. The van der Waals surface area contributed by atoms with E-state index in [1.807, 2.05) is 17.5 Å². The van der Waals surface area contributed by atoms with E-state index >= 15 is 0 Å². The third-order valence-electron chi connectivity index (χ3n) is 4.99. The van der Waals surface area contributed by atoms with Gasteiger partial charge in [-0.3, -0.25) is 9.59 Å². The van der Waals surface area contributed by atoms with Gasteiger partial charge in [-0.25, -0.2) is 0 Å². The summed E-state index contributed by atoms with van der Waals surface area (Å²) in [4.78, 5) is 28.1. The topological polar surface area (TPSA) is 89.2 Å². The molecule has 160 valence electrons. The standard InChI is InChI=1S/C22H18ClNO6S/c1-28-15-10-16(29-2)14(23)9-13(15)20(25)18-19(17-6-4-8-31-17)24(22(27)21(18)26)11-12-5-3-7-30-12/h3-10,19,25H,11H2,1-2H3/b20-18-. The number of furan rings is 1. The number of nitrogens with zero attached hydrogens (tertiary/aromatic N) is 1. The fourth-order valence-electron chi connectivity index (χ4n) is 3.55. The molecule has 1 aliphatic rings. The molecule has 0 radical (unpaired) electrons. The maximum absolute atomic E-state index is 13.0. The van der Waals surface area contributed by atoms with E-state index in [0.717, 1.165) is 4.88 Å². The van der Waals surface area contributed by atoms with Gasteiger partial charge in [-0.2, -0.15) is 0 Å². The molecule has 1 saturated heterocycles. The fraction of sp³-hybridized carbons (Fsp3) is 0.182. The van der Waals surface area contributed by atoms with Crippen molar-refractivity contribution >= 4 is 40.4 Å². The second-order valence-corrected chi connectivity index (χ2v) is 8.10. The van der Waals surface area contributed by atoms with Gasteiger partial charge in [0.05, 0.1) is 43.2 Å². The number of rotatable bonds is 6. The molecule has 1 aromatic carbocycles. The number of halogens is 1. The molecular weight excluding hydrogens is 442 g/mol. The number of ether oxygens (including phenoxy) is 2. The number of ketones is 1. The third-order valence-corrected chi connectivity index (χ3v) is 6.21. The van der Waals surface area contributed by atoms with E-state index in [4.69, 9.17) is 25.5 Å². The molecule has 1 aliphatic heterocycles. The van der Waals surface area contributed by atoms with Gasteiger partial charge in [0.2, 0.25) is 0 Å². The number of carbonyl (C=O) groups excluding carboxylic acids is 2. The number of amides is 1. The fourth-order valence-corrected chi connectivity index (χ4v) is 4.63. The van der Waals surface area contributed by atoms with Crippen LogP contribution in [0.1, 0.15) is 22.2 Å². The van der Waals surface area contributed by atoms with Crippen LogP contribution in [0.2, 0.25) is 5.02 Å². The summed E-state index contributed by atoms with van der Waals surface area (Å²) in [5, 5.41) is 13.3. The van der Waals surface area contributed by atoms with Crippen molar-refractivity contribution in [1.29, 1.82) is 0 Å².